The van der Waals surface area contributed by atoms with Crippen molar-refractivity contribution >= 4 is 16.7 Å². The van der Waals surface area contributed by atoms with Gasteiger partial charge in [0, 0.05) is 46.5 Å². The minimum absolute atomic E-state index is 0.128. The Bertz CT molecular complexity index is 1470. The molecule has 0 amide bonds. The number of carbonyl (C=O) groups is 1. The van der Waals surface area contributed by atoms with E-state index in [0.717, 1.165) is 16.5 Å². The van der Waals surface area contributed by atoms with Gasteiger partial charge in [0.2, 0.25) is 0 Å². The molecule has 0 saturated heterocycles. The number of ketones is 1. The first-order valence-corrected chi connectivity index (χ1v) is 11.0. The molecule has 2 aliphatic carbocycles. The summed E-state index contributed by atoms with van der Waals surface area (Å²) in [6.07, 6.45) is 0.878. The van der Waals surface area contributed by atoms with Crippen LogP contribution in [0.3, 0.4) is 0 Å². The zero-order chi connectivity index (χ0) is 22.7. The largest absolute Gasteiger partial charge is 0.385 e. The van der Waals surface area contributed by atoms with Crippen LogP contribution in [0.4, 0.5) is 4.39 Å². The van der Waals surface area contributed by atoms with Crippen LogP contribution < -0.4 is 5.56 Å². The van der Waals surface area contributed by atoms with Crippen molar-refractivity contribution in [2.75, 3.05) is 0 Å². The molecule has 0 saturated carbocycles. The summed E-state index contributed by atoms with van der Waals surface area (Å²) in [6, 6.07) is 3.08. The van der Waals surface area contributed by atoms with E-state index in [4.69, 9.17) is 4.98 Å². The second-order valence-electron chi connectivity index (χ2n) is 9.57. The lowest BCUT2D eigenvalue weighted by molar-refractivity contribution is -0.140. The van der Waals surface area contributed by atoms with Gasteiger partial charge in [-0.15, -0.1) is 0 Å². The molecule has 0 radical (unpaired) electrons. The first kappa shape index (κ1) is 19.8. The molecule has 32 heavy (non-hydrogen) atoms. The first-order valence-electron chi connectivity index (χ1n) is 11.0. The van der Waals surface area contributed by atoms with Crippen LogP contribution in [0.5, 0.6) is 0 Å². The van der Waals surface area contributed by atoms with Crippen molar-refractivity contribution < 1.29 is 19.4 Å². The molecule has 1 aromatic carbocycles. The second kappa shape index (κ2) is 5.91. The van der Waals surface area contributed by atoms with Crippen molar-refractivity contribution in [1.29, 1.82) is 0 Å². The normalized spacial score (nSPS) is 25.2. The van der Waals surface area contributed by atoms with Crippen molar-refractivity contribution in [3.05, 3.63) is 61.7 Å². The fourth-order valence-electron chi connectivity index (χ4n) is 6.02. The second-order valence-corrected chi connectivity index (χ2v) is 9.57. The Balaban J connectivity index is 1.71. The summed E-state index contributed by atoms with van der Waals surface area (Å²) in [4.78, 5) is 30.7. The number of fused-ring (bicyclic) bond motifs is 5. The number of Topliss-reactive ketones (excluding diaryl/α,β-unsaturated/α-hetero) is 1. The van der Waals surface area contributed by atoms with Gasteiger partial charge in [0.25, 0.3) is 5.56 Å². The van der Waals surface area contributed by atoms with E-state index < -0.39 is 11.2 Å². The number of carbonyl (C=O) groups excluding carboxylic acids is 1. The summed E-state index contributed by atoms with van der Waals surface area (Å²) < 4.78 is 16.3. The molecule has 3 aliphatic rings. The highest BCUT2D eigenvalue weighted by Gasteiger charge is 2.45. The number of pyridine rings is 2. The Kier molecular flexibility index (Phi) is 3.65. The quantitative estimate of drug-likeness (QED) is 0.481. The summed E-state index contributed by atoms with van der Waals surface area (Å²) in [5.41, 5.74) is 1.80. The lowest BCUT2D eigenvalue weighted by atomic mass is 9.77. The fourth-order valence-corrected chi connectivity index (χ4v) is 6.02. The van der Waals surface area contributed by atoms with Crippen LogP contribution in [0.2, 0.25) is 0 Å². The summed E-state index contributed by atoms with van der Waals surface area (Å²) >= 11 is 0. The number of halogens is 1. The van der Waals surface area contributed by atoms with Gasteiger partial charge in [-0.05, 0) is 43.9 Å². The lowest BCUT2D eigenvalue weighted by Crippen LogP contribution is -2.43. The molecule has 6 nitrogen and oxygen atoms in total. The maximum absolute atomic E-state index is 14.7. The standard InChI is InChI=1S/C25H23FN2O4/c1-4-25(32)15-7-18-22-14(10-28(18)23(30)12(15)5-6-19(25)29)21-20-13(9-24(21,3)31)11(2)16(26)8-17(20)27-22/h7-8,31-32H,4-6,9-10H2,1-3H3/t24?,25-/m0/s1. The third kappa shape index (κ3) is 2.18. The summed E-state index contributed by atoms with van der Waals surface area (Å²) in [5, 5.41) is 23.2. The third-order valence-electron chi connectivity index (χ3n) is 7.74. The van der Waals surface area contributed by atoms with Gasteiger partial charge in [-0.3, -0.25) is 9.59 Å². The van der Waals surface area contributed by atoms with Crippen LogP contribution in [0, 0.1) is 12.7 Å². The maximum atomic E-state index is 14.7. The number of hydrogen-bond donors (Lipinski definition) is 2. The smallest absolute Gasteiger partial charge is 0.254 e. The molecule has 0 spiro atoms. The van der Waals surface area contributed by atoms with Crippen molar-refractivity contribution in [3.8, 4) is 11.4 Å². The number of aliphatic hydroxyl groups is 2. The van der Waals surface area contributed by atoms with Gasteiger partial charge in [0.05, 0.1) is 29.1 Å². The van der Waals surface area contributed by atoms with Crippen LogP contribution in [-0.4, -0.2) is 25.5 Å². The topological polar surface area (TPSA) is 92.4 Å². The monoisotopic (exact) mass is 434 g/mol. The van der Waals surface area contributed by atoms with Gasteiger partial charge in [-0.1, -0.05) is 6.92 Å². The van der Waals surface area contributed by atoms with Gasteiger partial charge < -0.3 is 14.8 Å². The summed E-state index contributed by atoms with van der Waals surface area (Å²) in [7, 11) is 0. The zero-order valence-corrected chi connectivity index (χ0v) is 18.2. The predicted octanol–water partition coefficient (Wildman–Crippen LogP) is 2.75. The zero-order valence-electron chi connectivity index (χ0n) is 18.2. The first-order chi connectivity index (χ1) is 15.1. The Morgan fingerprint density at radius 1 is 1.16 bits per heavy atom. The third-order valence-corrected chi connectivity index (χ3v) is 7.74. The fraction of sp³-hybridized carbons (Fsp3) is 0.400. The average molecular weight is 434 g/mol. The molecule has 0 fully saturated rings. The molecule has 164 valence electrons. The number of hydrogen-bond acceptors (Lipinski definition) is 5. The van der Waals surface area contributed by atoms with Crippen molar-refractivity contribution in [1.82, 2.24) is 9.55 Å². The van der Waals surface area contributed by atoms with E-state index in [-0.39, 0.29) is 43.0 Å². The number of aromatic nitrogens is 2. The summed E-state index contributed by atoms with van der Waals surface area (Å²) in [5.74, 6) is -0.666. The highest BCUT2D eigenvalue weighted by molar-refractivity contribution is 5.95. The molecule has 2 atom stereocenters. The van der Waals surface area contributed by atoms with E-state index in [9.17, 15) is 24.2 Å². The van der Waals surface area contributed by atoms with Gasteiger partial charge in [0.15, 0.2) is 5.78 Å². The van der Waals surface area contributed by atoms with Crippen LogP contribution in [0.1, 0.15) is 60.1 Å². The number of rotatable bonds is 1. The van der Waals surface area contributed by atoms with Crippen LogP contribution >= 0.6 is 0 Å². The van der Waals surface area contributed by atoms with E-state index >= 15 is 0 Å². The molecule has 3 aromatic rings. The van der Waals surface area contributed by atoms with Crippen molar-refractivity contribution in [2.24, 2.45) is 0 Å². The number of benzene rings is 1. The highest BCUT2D eigenvalue weighted by atomic mass is 19.1. The summed E-state index contributed by atoms with van der Waals surface area (Å²) in [6.45, 7) is 5.39. The Morgan fingerprint density at radius 3 is 2.62 bits per heavy atom. The maximum Gasteiger partial charge on any atom is 0.254 e. The minimum atomic E-state index is -1.69. The van der Waals surface area contributed by atoms with Gasteiger partial charge >= 0.3 is 0 Å². The highest BCUT2D eigenvalue weighted by Crippen LogP contribution is 2.49. The van der Waals surface area contributed by atoms with E-state index in [1.165, 1.54) is 6.07 Å². The predicted molar refractivity (Wildman–Crippen MR) is 116 cm³/mol. The van der Waals surface area contributed by atoms with Crippen molar-refractivity contribution in [2.45, 2.75) is 64.2 Å². The molecule has 7 heteroatoms. The van der Waals surface area contributed by atoms with Gasteiger partial charge in [-0.2, -0.15) is 0 Å². The molecular weight excluding hydrogens is 411 g/mol. The van der Waals surface area contributed by atoms with E-state index in [1.54, 1.807) is 31.4 Å². The van der Waals surface area contributed by atoms with E-state index in [1.807, 2.05) is 0 Å². The van der Waals surface area contributed by atoms with Crippen LogP contribution in [-0.2, 0) is 35.4 Å². The Labute approximate surface area is 183 Å². The Morgan fingerprint density at radius 2 is 1.91 bits per heavy atom. The average Bonchev–Trinajstić information content (AvgIpc) is 3.25. The molecular formula is C25H23FN2O4. The van der Waals surface area contributed by atoms with E-state index in [0.29, 0.717) is 45.6 Å². The molecule has 3 heterocycles. The Hall–Kier alpha value is -2.90. The van der Waals surface area contributed by atoms with Crippen LogP contribution in [0.25, 0.3) is 22.3 Å². The lowest BCUT2D eigenvalue weighted by Gasteiger charge is -2.32. The van der Waals surface area contributed by atoms with Crippen molar-refractivity contribution in [3.63, 3.8) is 0 Å². The molecule has 1 aliphatic heterocycles. The van der Waals surface area contributed by atoms with Crippen LogP contribution in [0.15, 0.2) is 16.9 Å². The molecule has 1 unspecified atom stereocenters. The number of nitrogens with zero attached hydrogens (tertiary/aromatic N) is 2. The SMILES string of the molecule is CC[C@@]1(O)C(=O)CCc2c1cc1n(c2=O)Cc2c-1nc1cc(F)c(C)c3c1c2C(C)(O)C3. The van der Waals surface area contributed by atoms with Gasteiger partial charge in [0.1, 0.15) is 11.4 Å². The molecule has 0 bridgehead atoms. The molecule has 2 N–H and O–H groups in total. The van der Waals surface area contributed by atoms with Gasteiger partial charge in [-0.25, -0.2) is 9.37 Å². The van der Waals surface area contributed by atoms with E-state index in [2.05, 4.69) is 0 Å². The molecule has 6 rings (SSSR count). The molecule has 2 aromatic heterocycles. The minimum Gasteiger partial charge on any atom is -0.385 e.